The van der Waals surface area contributed by atoms with Gasteiger partial charge in [0.05, 0.1) is 0 Å². The zero-order chi connectivity index (χ0) is 4.71. The van der Waals surface area contributed by atoms with Gasteiger partial charge in [-0.25, -0.2) is 0 Å². The third kappa shape index (κ3) is 294. The molecular weight excluding hydrogens is 106 g/mol. The van der Waals surface area contributed by atoms with Gasteiger partial charge in [-0.05, 0) is 7.05 Å². The summed E-state index contributed by atoms with van der Waals surface area (Å²) < 4.78 is 17.0. The molecule has 0 radical (unpaired) electrons. The van der Waals surface area contributed by atoms with E-state index in [1.165, 1.54) is 7.05 Å². The summed E-state index contributed by atoms with van der Waals surface area (Å²) in [5, 5.41) is 0. The topological polar surface area (TPSA) is 60.2 Å². The molecule has 0 aliphatic rings. The summed E-state index contributed by atoms with van der Waals surface area (Å²) in [7, 11) is 1.50. The molecule has 0 amide bonds. The van der Waals surface area contributed by atoms with E-state index in [2.05, 4.69) is 5.73 Å². The molecule has 0 aromatic rings. The van der Waals surface area contributed by atoms with Gasteiger partial charge in [0, 0.05) is 0 Å². The first-order chi connectivity index (χ1) is 2.41. The van der Waals surface area contributed by atoms with Crippen LogP contribution in [0.25, 0.3) is 0 Å². The zero-order valence-corrected chi connectivity index (χ0v) is 4.46. The van der Waals surface area contributed by atoms with Crippen molar-refractivity contribution in [3.63, 3.8) is 0 Å². The molecule has 0 heterocycles. The van der Waals surface area contributed by atoms with Crippen molar-refractivity contribution in [2.24, 2.45) is 5.73 Å². The van der Waals surface area contributed by atoms with Gasteiger partial charge in [0.25, 0.3) is 0 Å². The maximum atomic E-state index is 8.50. The Morgan fingerprint density at radius 2 is 1.40 bits per heavy atom. The predicted octanol–water partition coefficient (Wildman–Crippen LogP) is -0.665. The van der Waals surface area contributed by atoms with Crippen molar-refractivity contribution < 1.29 is 25.7 Å². The Bertz CT molecular complexity index is 30.6. The molecule has 0 aromatic carbocycles. The van der Waals surface area contributed by atoms with Crippen LogP contribution in [0, 0.1) is 0 Å². The summed E-state index contributed by atoms with van der Waals surface area (Å²) in [4.78, 5) is 0. The molecule has 0 aliphatic carbocycles. The van der Waals surface area contributed by atoms with Crippen LogP contribution in [0.1, 0.15) is 0 Å². The summed E-state index contributed by atoms with van der Waals surface area (Å²) in [5.74, 6) is 0. The van der Waals surface area contributed by atoms with Gasteiger partial charge in [0.1, 0.15) is 0 Å². The molecule has 30 valence electrons. The minimum absolute atomic E-state index is 1.50. The van der Waals surface area contributed by atoms with Crippen LogP contribution in [0.5, 0.6) is 0 Å². The van der Waals surface area contributed by atoms with Gasteiger partial charge in [-0.2, -0.15) is 0 Å². The van der Waals surface area contributed by atoms with E-state index in [0.29, 0.717) is 0 Å². The van der Waals surface area contributed by atoms with Crippen LogP contribution in [0.4, 0.5) is 0 Å². The molecule has 0 unspecified atom stereocenters. The first kappa shape index (κ1) is 8.99. The van der Waals surface area contributed by atoms with Gasteiger partial charge < -0.3 is 5.73 Å². The van der Waals surface area contributed by atoms with Crippen molar-refractivity contribution in [1.29, 1.82) is 0 Å². The molecule has 3 nitrogen and oxygen atoms in total. The fourth-order valence-corrected chi connectivity index (χ4v) is 0. The Morgan fingerprint density at radius 3 is 1.40 bits per heavy atom. The second-order valence-electron chi connectivity index (χ2n) is 0.0833. The van der Waals surface area contributed by atoms with Crippen molar-refractivity contribution in [3.05, 3.63) is 0 Å². The molecule has 4 heteroatoms. The second kappa shape index (κ2) is 28.2. The van der Waals surface area contributed by atoms with Crippen LogP contribution in [0.15, 0.2) is 0 Å². The average Bonchev–Trinajstić information content (AvgIpc) is 1.46. The van der Waals surface area contributed by atoms with E-state index in [1.54, 1.807) is 0 Å². The molecule has 5 heavy (non-hydrogen) atoms. The Kier molecular flexibility index (Phi) is 50.7. The fraction of sp³-hybridized carbons (Fsp3) is 1.00. The van der Waals surface area contributed by atoms with Crippen LogP contribution in [0.2, 0.25) is 0 Å². The van der Waals surface area contributed by atoms with Crippen molar-refractivity contribution in [2.45, 2.75) is 0 Å². The third-order valence-electron chi connectivity index (χ3n) is 0. The normalized spacial score (nSPS) is 2.80. The summed E-state index contributed by atoms with van der Waals surface area (Å²) in [6.45, 7) is 0. The molecule has 0 fully saturated rings. The number of nitrogens with two attached hydrogens (primary N) is 1. The van der Waals surface area contributed by atoms with E-state index in [1.807, 2.05) is 0 Å². The monoisotopic (exact) mass is 111 g/mol. The quantitative estimate of drug-likeness (QED) is 0.422. The Balaban J connectivity index is 0. The molecule has 0 spiro atoms. The standard InChI is InChI=1S/CH5N.2O.Ti/c1-2;;;/h2H2,1H3;;;. The van der Waals surface area contributed by atoms with Crippen molar-refractivity contribution in [3.8, 4) is 0 Å². The van der Waals surface area contributed by atoms with Gasteiger partial charge in [0.2, 0.25) is 0 Å². The molecule has 0 saturated carbocycles. The van der Waals surface area contributed by atoms with Crippen LogP contribution < -0.4 is 5.73 Å². The van der Waals surface area contributed by atoms with Crippen LogP contribution in [-0.2, 0) is 25.7 Å². The van der Waals surface area contributed by atoms with Crippen LogP contribution >= 0.6 is 0 Å². The Labute approximate surface area is 39.1 Å². The van der Waals surface area contributed by atoms with E-state index in [4.69, 9.17) is 6.65 Å². The molecule has 0 bridgehead atoms. The number of hydrogen-bond acceptors (Lipinski definition) is 3. The van der Waals surface area contributed by atoms with Gasteiger partial charge in [-0.1, -0.05) is 0 Å². The molecule has 2 N–H and O–H groups in total. The van der Waals surface area contributed by atoms with E-state index in [-0.39, 0.29) is 0 Å². The van der Waals surface area contributed by atoms with Crippen molar-refractivity contribution >= 4 is 0 Å². The maximum absolute atomic E-state index is 8.50. The van der Waals surface area contributed by atoms with E-state index >= 15 is 0 Å². The first-order valence-electron chi connectivity index (χ1n) is 0.986. The SMILES string of the molecule is CN.[O]=[Ti]=[O]. The van der Waals surface area contributed by atoms with Crippen molar-refractivity contribution in [2.75, 3.05) is 7.05 Å². The number of rotatable bonds is 0. The summed E-state index contributed by atoms with van der Waals surface area (Å²) in [6, 6.07) is 0. The average molecular weight is 111 g/mol. The second-order valence-corrected chi connectivity index (χ2v) is 0.344. The predicted molar refractivity (Wildman–Crippen MR) is 11.5 cm³/mol. The fourth-order valence-electron chi connectivity index (χ4n) is 0. The van der Waals surface area contributed by atoms with E-state index in [9.17, 15) is 0 Å². The van der Waals surface area contributed by atoms with Gasteiger partial charge in [0.15, 0.2) is 0 Å². The molecule has 0 atom stereocenters. The molecule has 0 aliphatic heterocycles. The number of hydrogen-bond donors (Lipinski definition) is 1. The summed E-state index contributed by atoms with van der Waals surface area (Å²) >= 11 is -2.00. The summed E-state index contributed by atoms with van der Waals surface area (Å²) in [5.41, 5.74) is 4.50. The van der Waals surface area contributed by atoms with Gasteiger partial charge >= 0.3 is 25.7 Å². The third-order valence-corrected chi connectivity index (χ3v) is 0. The molecule has 0 rings (SSSR count). The first-order valence-corrected chi connectivity index (χ1v) is 2.26. The van der Waals surface area contributed by atoms with Gasteiger partial charge in [-0.15, -0.1) is 0 Å². The Hall–Kier alpha value is 0.274. The van der Waals surface area contributed by atoms with E-state index in [0.717, 1.165) is 0 Å². The van der Waals surface area contributed by atoms with E-state index < -0.39 is 19.1 Å². The van der Waals surface area contributed by atoms with Crippen molar-refractivity contribution in [1.82, 2.24) is 0 Å². The molecular formula is CH5NO2Ti. The van der Waals surface area contributed by atoms with Crippen LogP contribution in [-0.4, -0.2) is 7.05 Å². The minimum atomic E-state index is -2.00. The molecule has 0 aromatic heterocycles. The summed E-state index contributed by atoms with van der Waals surface area (Å²) in [6.07, 6.45) is 0. The Morgan fingerprint density at radius 1 is 1.40 bits per heavy atom. The zero-order valence-electron chi connectivity index (χ0n) is 2.89. The molecule has 0 saturated heterocycles. The van der Waals surface area contributed by atoms with Gasteiger partial charge in [-0.3, -0.25) is 0 Å². The van der Waals surface area contributed by atoms with Crippen LogP contribution in [0.3, 0.4) is 0 Å².